The quantitative estimate of drug-likeness (QED) is 0.778. The number of nitrogens with zero attached hydrogens (tertiary/aromatic N) is 1. The third-order valence-corrected chi connectivity index (χ3v) is 3.19. The van der Waals surface area contributed by atoms with Crippen LogP contribution >= 0.6 is 0 Å². The minimum atomic E-state index is -0.431. The topological polar surface area (TPSA) is 46.3 Å². The van der Waals surface area contributed by atoms with Gasteiger partial charge in [-0.25, -0.2) is 4.39 Å². The van der Waals surface area contributed by atoms with Crippen molar-refractivity contribution in [2.24, 2.45) is 0 Å². The summed E-state index contributed by atoms with van der Waals surface area (Å²) in [6.07, 6.45) is 3.20. The molecule has 0 aliphatic heterocycles. The van der Waals surface area contributed by atoms with Crippen LogP contribution in [0.5, 0.6) is 0 Å². The van der Waals surface area contributed by atoms with Gasteiger partial charge in [0.15, 0.2) is 0 Å². The Balaban J connectivity index is 2.22. The summed E-state index contributed by atoms with van der Waals surface area (Å²) in [5.74, 6) is -0.624. The fourth-order valence-corrected chi connectivity index (χ4v) is 1.84. The van der Waals surface area contributed by atoms with Gasteiger partial charge >= 0.3 is 0 Å². The zero-order valence-corrected chi connectivity index (χ0v) is 9.24. The molecule has 2 N–H and O–H groups in total. The molecule has 0 atom stereocenters. The number of benzene rings is 1. The van der Waals surface area contributed by atoms with Gasteiger partial charge in [0, 0.05) is 18.8 Å². The standard InChI is InChI=1S/C12H15FN2O/c1-15(9-3-2-4-9)12(16)10-7-8(13)5-6-11(10)14/h5-7,9H,2-4,14H2,1H3. The van der Waals surface area contributed by atoms with E-state index in [9.17, 15) is 9.18 Å². The van der Waals surface area contributed by atoms with Crippen LogP contribution in [0.25, 0.3) is 0 Å². The number of carbonyl (C=O) groups is 1. The average molecular weight is 222 g/mol. The monoisotopic (exact) mass is 222 g/mol. The van der Waals surface area contributed by atoms with E-state index in [0.717, 1.165) is 19.3 Å². The van der Waals surface area contributed by atoms with Gasteiger partial charge in [0.1, 0.15) is 5.82 Å². The molecule has 1 saturated carbocycles. The van der Waals surface area contributed by atoms with Crippen molar-refractivity contribution in [3.05, 3.63) is 29.6 Å². The van der Waals surface area contributed by atoms with Crippen LogP contribution in [0.4, 0.5) is 10.1 Å². The number of rotatable bonds is 2. The zero-order valence-electron chi connectivity index (χ0n) is 9.24. The van der Waals surface area contributed by atoms with Gasteiger partial charge in [-0.05, 0) is 37.5 Å². The van der Waals surface area contributed by atoms with Gasteiger partial charge in [-0.1, -0.05) is 0 Å². The lowest BCUT2D eigenvalue weighted by molar-refractivity contribution is 0.0652. The number of halogens is 1. The van der Waals surface area contributed by atoms with Crippen LogP contribution in [0, 0.1) is 5.82 Å². The molecule has 16 heavy (non-hydrogen) atoms. The van der Waals surface area contributed by atoms with Crippen LogP contribution in [0.3, 0.4) is 0 Å². The smallest absolute Gasteiger partial charge is 0.256 e. The van der Waals surface area contributed by atoms with Gasteiger partial charge in [-0.2, -0.15) is 0 Å². The van der Waals surface area contributed by atoms with E-state index in [1.54, 1.807) is 11.9 Å². The molecular formula is C12H15FN2O. The van der Waals surface area contributed by atoms with Gasteiger partial charge < -0.3 is 10.6 Å². The lowest BCUT2D eigenvalue weighted by Gasteiger charge is -2.34. The number of hydrogen-bond donors (Lipinski definition) is 1. The maximum absolute atomic E-state index is 13.0. The Hall–Kier alpha value is -1.58. The van der Waals surface area contributed by atoms with Gasteiger partial charge in [-0.15, -0.1) is 0 Å². The molecular weight excluding hydrogens is 207 g/mol. The molecule has 0 bridgehead atoms. The summed E-state index contributed by atoms with van der Waals surface area (Å²) in [6, 6.07) is 4.18. The molecule has 1 aromatic carbocycles. The van der Waals surface area contributed by atoms with Crippen molar-refractivity contribution >= 4 is 11.6 Å². The van der Waals surface area contributed by atoms with Gasteiger partial charge in [-0.3, -0.25) is 4.79 Å². The van der Waals surface area contributed by atoms with Gasteiger partial charge in [0.25, 0.3) is 5.91 Å². The van der Waals surface area contributed by atoms with Crippen LogP contribution in [0.2, 0.25) is 0 Å². The lowest BCUT2D eigenvalue weighted by Crippen LogP contribution is -2.41. The van der Waals surface area contributed by atoms with E-state index in [-0.39, 0.29) is 17.5 Å². The summed E-state index contributed by atoms with van der Waals surface area (Å²) in [7, 11) is 1.75. The first-order valence-corrected chi connectivity index (χ1v) is 5.42. The average Bonchev–Trinajstić information content (AvgIpc) is 2.18. The van der Waals surface area contributed by atoms with Crippen molar-refractivity contribution in [3.63, 3.8) is 0 Å². The first-order chi connectivity index (χ1) is 7.59. The Bertz CT molecular complexity index is 415. The van der Waals surface area contributed by atoms with E-state index in [1.165, 1.54) is 18.2 Å². The molecule has 1 amide bonds. The molecule has 0 saturated heterocycles. The van der Waals surface area contributed by atoms with Crippen molar-refractivity contribution in [1.29, 1.82) is 0 Å². The van der Waals surface area contributed by atoms with Crippen molar-refractivity contribution in [2.45, 2.75) is 25.3 Å². The highest BCUT2D eigenvalue weighted by Gasteiger charge is 2.27. The van der Waals surface area contributed by atoms with E-state index in [2.05, 4.69) is 0 Å². The normalized spacial score (nSPS) is 15.6. The SMILES string of the molecule is CN(C(=O)c1cc(F)ccc1N)C1CCC1. The number of nitrogen functional groups attached to an aromatic ring is 1. The predicted octanol–water partition coefficient (Wildman–Crippen LogP) is 2.03. The Morgan fingerprint density at radius 3 is 2.75 bits per heavy atom. The van der Waals surface area contributed by atoms with Crippen LogP contribution in [-0.4, -0.2) is 23.9 Å². The Labute approximate surface area is 94.0 Å². The Morgan fingerprint density at radius 1 is 1.50 bits per heavy atom. The van der Waals surface area contributed by atoms with Crippen LogP contribution in [0.15, 0.2) is 18.2 Å². The maximum atomic E-state index is 13.0. The van der Waals surface area contributed by atoms with E-state index >= 15 is 0 Å². The molecule has 0 spiro atoms. The summed E-state index contributed by atoms with van der Waals surface area (Å²) in [4.78, 5) is 13.7. The summed E-state index contributed by atoms with van der Waals surface area (Å²) in [5, 5.41) is 0. The summed E-state index contributed by atoms with van der Waals surface area (Å²) in [5.41, 5.74) is 6.26. The van der Waals surface area contributed by atoms with Crippen LogP contribution in [-0.2, 0) is 0 Å². The highest BCUT2D eigenvalue weighted by molar-refractivity contribution is 5.99. The third kappa shape index (κ3) is 1.87. The van der Waals surface area contributed by atoms with E-state index in [0.29, 0.717) is 5.69 Å². The Morgan fingerprint density at radius 2 is 2.19 bits per heavy atom. The second-order valence-corrected chi connectivity index (χ2v) is 4.23. The molecule has 3 nitrogen and oxygen atoms in total. The van der Waals surface area contributed by atoms with E-state index in [1.807, 2.05) is 0 Å². The second kappa shape index (κ2) is 4.12. The minimum absolute atomic E-state index is 0.193. The molecule has 86 valence electrons. The van der Waals surface area contributed by atoms with Crippen LogP contribution in [0.1, 0.15) is 29.6 Å². The summed E-state index contributed by atoms with van der Waals surface area (Å²) < 4.78 is 13.0. The van der Waals surface area contributed by atoms with Crippen molar-refractivity contribution in [1.82, 2.24) is 4.90 Å². The first-order valence-electron chi connectivity index (χ1n) is 5.42. The molecule has 1 fully saturated rings. The van der Waals surface area contributed by atoms with Crippen molar-refractivity contribution in [2.75, 3.05) is 12.8 Å². The molecule has 0 unspecified atom stereocenters. The van der Waals surface area contributed by atoms with Crippen LogP contribution < -0.4 is 5.73 Å². The number of hydrogen-bond acceptors (Lipinski definition) is 2. The lowest BCUT2D eigenvalue weighted by atomic mass is 9.91. The molecule has 1 aliphatic rings. The van der Waals surface area contributed by atoms with E-state index in [4.69, 9.17) is 5.73 Å². The zero-order chi connectivity index (χ0) is 11.7. The van der Waals surface area contributed by atoms with Crippen molar-refractivity contribution < 1.29 is 9.18 Å². The number of amides is 1. The highest BCUT2D eigenvalue weighted by atomic mass is 19.1. The second-order valence-electron chi connectivity index (χ2n) is 4.23. The van der Waals surface area contributed by atoms with Crippen molar-refractivity contribution in [3.8, 4) is 0 Å². The third-order valence-electron chi connectivity index (χ3n) is 3.19. The summed E-state index contributed by atoms with van der Waals surface area (Å²) in [6.45, 7) is 0. The maximum Gasteiger partial charge on any atom is 0.256 e. The molecule has 1 aliphatic carbocycles. The number of carbonyl (C=O) groups excluding carboxylic acids is 1. The number of nitrogens with two attached hydrogens (primary N) is 1. The summed E-state index contributed by atoms with van der Waals surface area (Å²) >= 11 is 0. The first kappa shape index (κ1) is 10.9. The Kier molecular flexibility index (Phi) is 2.81. The largest absolute Gasteiger partial charge is 0.398 e. The molecule has 0 aromatic heterocycles. The predicted molar refractivity (Wildman–Crippen MR) is 60.5 cm³/mol. The van der Waals surface area contributed by atoms with E-state index < -0.39 is 5.82 Å². The van der Waals surface area contributed by atoms with Gasteiger partial charge in [0.05, 0.1) is 5.56 Å². The minimum Gasteiger partial charge on any atom is -0.398 e. The fraction of sp³-hybridized carbons (Fsp3) is 0.417. The molecule has 1 aromatic rings. The fourth-order valence-electron chi connectivity index (χ4n) is 1.84. The molecule has 4 heteroatoms. The molecule has 0 radical (unpaired) electrons. The molecule has 0 heterocycles. The number of anilines is 1. The van der Waals surface area contributed by atoms with Gasteiger partial charge in [0.2, 0.25) is 0 Å². The molecule has 2 rings (SSSR count). The highest BCUT2D eigenvalue weighted by Crippen LogP contribution is 2.26.